The van der Waals surface area contributed by atoms with Gasteiger partial charge in [-0.25, -0.2) is 0 Å². The first-order valence-corrected chi connectivity index (χ1v) is 9.77. The second-order valence-corrected chi connectivity index (χ2v) is 7.34. The molecule has 4 rings (SSSR count). The van der Waals surface area contributed by atoms with Crippen LogP contribution in [0.15, 0.2) is 53.3 Å². The Morgan fingerprint density at radius 1 is 1.10 bits per heavy atom. The van der Waals surface area contributed by atoms with Crippen LogP contribution in [0.25, 0.3) is 23.1 Å². The third-order valence-corrected chi connectivity index (χ3v) is 5.20. The highest BCUT2D eigenvalue weighted by Crippen LogP contribution is 2.24. The van der Waals surface area contributed by atoms with E-state index in [1.807, 2.05) is 42.5 Å². The van der Waals surface area contributed by atoms with Crippen molar-refractivity contribution in [2.24, 2.45) is 5.73 Å². The minimum Gasteiger partial charge on any atom is -0.508 e. The maximum atomic E-state index is 12.5. The Bertz CT molecular complexity index is 1410. The van der Waals surface area contributed by atoms with Gasteiger partial charge in [-0.05, 0) is 41.8 Å². The smallest absolute Gasteiger partial charge is 0.320 e. The van der Waals surface area contributed by atoms with Crippen LogP contribution in [0.2, 0.25) is 0 Å². The molecule has 0 aliphatic carbocycles. The van der Waals surface area contributed by atoms with Crippen molar-refractivity contribution in [3.63, 3.8) is 0 Å². The normalized spacial score (nSPS) is 13.7. The highest BCUT2D eigenvalue weighted by Gasteiger charge is 2.18. The van der Waals surface area contributed by atoms with Gasteiger partial charge in [-0.15, -0.1) is 0 Å². The number of nitrogens with two attached hydrogens (primary N) is 1. The second-order valence-electron chi connectivity index (χ2n) is 7.34. The number of carbonyl (C=O) groups is 1. The molecule has 158 valence electrons. The van der Waals surface area contributed by atoms with Gasteiger partial charge in [-0.1, -0.05) is 36.4 Å². The lowest BCUT2D eigenvalue weighted by atomic mass is 10.0. The molecule has 0 aliphatic rings. The summed E-state index contributed by atoms with van der Waals surface area (Å²) in [7, 11) is 0. The van der Waals surface area contributed by atoms with E-state index in [2.05, 4.69) is 15.2 Å². The summed E-state index contributed by atoms with van der Waals surface area (Å²) in [4.78, 5) is 27.0. The number of H-pyrrole nitrogens is 3. The van der Waals surface area contributed by atoms with E-state index >= 15 is 0 Å². The molecule has 2 aromatic carbocycles. The number of aromatic nitrogens is 3. The summed E-state index contributed by atoms with van der Waals surface area (Å²) in [5, 5.41) is 26.1. The van der Waals surface area contributed by atoms with E-state index < -0.39 is 12.0 Å². The van der Waals surface area contributed by atoms with Gasteiger partial charge in [0.05, 0.1) is 10.6 Å². The zero-order valence-electron chi connectivity index (χ0n) is 16.6. The molecule has 0 bridgehead atoms. The van der Waals surface area contributed by atoms with E-state index in [-0.39, 0.29) is 17.7 Å². The predicted octanol–water partition coefficient (Wildman–Crippen LogP) is 0.696. The van der Waals surface area contributed by atoms with E-state index in [9.17, 15) is 19.8 Å². The Morgan fingerprint density at radius 2 is 1.84 bits per heavy atom. The van der Waals surface area contributed by atoms with Gasteiger partial charge in [0.25, 0.3) is 5.56 Å². The maximum absolute atomic E-state index is 12.5. The number of hydrogen-bond donors (Lipinski definition) is 6. The quantitative estimate of drug-likeness (QED) is 0.273. The van der Waals surface area contributed by atoms with Gasteiger partial charge in [-0.2, -0.15) is 0 Å². The number of carboxylic acids is 1. The zero-order chi connectivity index (χ0) is 22.0. The zero-order valence-corrected chi connectivity index (χ0v) is 16.6. The molecule has 1 unspecified atom stereocenters. The third-order valence-electron chi connectivity index (χ3n) is 5.20. The van der Waals surface area contributed by atoms with Crippen LogP contribution in [-0.4, -0.2) is 37.4 Å². The molecule has 0 amide bonds. The lowest BCUT2D eigenvalue weighted by Crippen LogP contribution is -2.34. The number of aliphatic carboxylic acids is 1. The van der Waals surface area contributed by atoms with E-state index in [0.29, 0.717) is 22.7 Å². The number of aromatic hydroxyl groups is 1. The van der Waals surface area contributed by atoms with Gasteiger partial charge in [0, 0.05) is 23.0 Å². The minimum absolute atomic E-state index is 0.125. The van der Waals surface area contributed by atoms with Crippen molar-refractivity contribution < 1.29 is 15.0 Å². The summed E-state index contributed by atoms with van der Waals surface area (Å²) in [5.41, 5.74) is 8.71. The molecule has 4 aromatic rings. The predicted molar refractivity (Wildman–Crippen MR) is 118 cm³/mol. The Morgan fingerprint density at radius 3 is 2.58 bits per heavy atom. The van der Waals surface area contributed by atoms with Crippen LogP contribution in [-0.2, 0) is 17.6 Å². The van der Waals surface area contributed by atoms with Crippen molar-refractivity contribution in [3.8, 4) is 5.75 Å². The molecule has 0 saturated carbocycles. The number of phenols is 1. The molecule has 8 nitrogen and oxygen atoms in total. The molecule has 7 N–H and O–H groups in total. The molecule has 0 fully saturated rings. The van der Waals surface area contributed by atoms with E-state index in [4.69, 9.17) is 5.73 Å². The molecular weight excluding hydrogens is 396 g/mol. The first-order chi connectivity index (χ1) is 14.9. The van der Waals surface area contributed by atoms with Crippen LogP contribution < -0.4 is 21.9 Å². The first-order valence-electron chi connectivity index (χ1n) is 9.77. The summed E-state index contributed by atoms with van der Waals surface area (Å²) >= 11 is 0. The summed E-state index contributed by atoms with van der Waals surface area (Å²) in [6.07, 6.45) is 4.27. The topological polar surface area (TPSA) is 148 Å². The van der Waals surface area contributed by atoms with Gasteiger partial charge >= 0.3 is 5.97 Å². The maximum Gasteiger partial charge on any atom is 0.320 e. The minimum atomic E-state index is -1.08. The number of carboxylic acid groups (broad SMARTS) is 1. The summed E-state index contributed by atoms with van der Waals surface area (Å²) < 4.78 is 0. The van der Waals surface area contributed by atoms with Crippen molar-refractivity contribution in [2.45, 2.75) is 18.9 Å². The first kappa shape index (κ1) is 20.2. The number of phenolic OH excluding ortho intramolecular Hbond substituents is 1. The Balaban J connectivity index is 1.81. The Hall–Kier alpha value is -4.04. The average molecular weight is 418 g/mol. The van der Waals surface area contributed by atoms with E-state index in [1.54, 1.807) is 18.2 Å². The van der Waals surface area contributed by atoms with E-state index in [1.165, 1.54) is 0 Å². The van der Waals surface area contributed by atoms with Crippen LogP contribution in [0.3, 0.4) is 0 Å². The van der Waals surface area contributed by atoms with Crippen LogP contribution in [0, 0.1) is 0 Å². The van der Waals surface area contributed by atoms with Crippen LogP contribution in [0.4, 0.5) is 0 Å². The average Bonchev–Trinajstić information content (AvgIpc) is 3.28. The van der Waals surface area contributed by atoms with Crippen molar-refractivity contribution in [1.82, 2.24) is 15.2 Å². The summed E-state index contributed by atoms with van der Waals surface area (Å²) in [5.74, 6) is -0.891. The second kappa shape index (κ2) is 8.37. The largest absolute Gasteiger partial charge is 0.508 e. The monoisotopic (exact) mass is 418 g/mol. The van der Waals surface area contributed by atoms with Gasteiger partial charge in [0.1, 0.15) is 11.8 Å². The summed E-state index contributed by atoms with van der Waals surface area (Å²) in [6.45, 7) is 0. The molecule has 0 radical (unpaired) electrons. The number of benzene rings is 2. The molecule has 2 aromatic heterocycles. The molecule has 0 saturated heterocycles. The molecule has 2 heterocycles. The molecule has 1 atom stereocenters. The van der Waals surface area contributed by atoms with E-state index in [0.717, 1.165) is 22.0 Å². The molecule has 31 heavy (non-hydrogen) atoms. The SMILES string of the molecule is NC(Cc1c(C=c2c(=O)[nH][nH]c2=CCc2ccc(O)cc2)[nH]c2ccccc12)C(=O)O. The number of rotatable bonds is 6. The van der Waals surface area contributed by atoms with Crippen molar-refractivity contribution in [1.29, 1.82) is 0 Å². The molecule has 0 aliphatic heterocycles. The van der Waals surface area contributed by atoms with Crippen LogP contribution in [0.5, 0.6) is 5.75 Å². The standard InChI is InChI=1S/C23H22N4O4/c24-18(23(30)31)11-16-15-3-1-2-4-19(15)25-21(16)12-17-20(26-27-22(17)29)10-7-13-5-8-14(28)9-6-13/h1-6,8-10,12,18,25-26,28H,7,11,24H2,(H,27,29)(H,30,31). The number of para-hydroxylation sites is 1. The highest BCUT2D eigenvalue weighted by molar-refractivity contribution is 5.88. The van der Waals surface area contributed by atoms with Crippen LogP contribution >= 0.6 is 0 Å². The van der Waals surface area contributed by atoms with Gasteiger partial charge in [0.15, 0.2) is 0 Å². The van der Waals surface area contributed by atoms with Crippen LogP contribution in [0.1, 0.15) is 16.8 Å². The fourth-order valence-corrected chi connectivity index (χ4v) is 3.55. The lowest BCUT2D eigenvalue weighted by Gasteiger charge is -2.06. The fourth-order valence-electron chi connectivity index (χ4n) is 3.55. The van der Waals surface area contributed by atoms with Gasteiger partial charge in [-0.3, -0.25) is 19.8 Å². The van der Waals surface area contributed by atoms with Crippen molar-refractivity contribution in [3.05, 3.63) is 86.3 Å². The van der Waals surface area contributed by atoms with Gasteiger partial charge in [0.2, 0.25) is 0 Å². The molecule has 8 heteroatoms. The number of fused-ring (bicyclic) bond motifs is 1. The van der Waals surface area contributed by atoms with Crippen molar-refractivity contribution in [2.75, 3.05) is 0 Å². The summed E-state index contributed by atoms with van der Waals surface area (Å²) in [6, 6.07) is 13.3. The molecule has 0 spiro atoms. The van der Waals surface area contributed by atoms with Gasteiger partial charge < -0.3 is 20.9 Å². The Labute approximate surface area is 176 Å². The Kier molecular flexibility index (Phi) is 5.46. The highest BCUT2D eigenvalue weighted by atomic mass is 16.4. The number of hydrogen-bond acceptors (Lipinski definition) is 4. The molecular formula is C23H22N4O4. The number of nitrogens with one attached hydrogen (secondary N) is 3. The lowest BCUT2D eigenvalue weighted by molar-refractivity contribution is -0.138. The third kappa shape index (κ3) is 4.29. The fraction of sp³-hybridized carbons (Fsp3) is 0.130. The van der Waals surface area contributed by atoms with Crippen molar-refractivity contribution >= 4 is 29.0 Å². The number of aromatic amines is 3.